The van der Waals surface area contributed by atoms with Crippen LogP contribution in [0.25, 0.3) is 0 Å². The standard InChI is InChI=1S/C27H38N2O4/c1-16(2)25(31)29-13-11-27(6)19(15-23(29)30)9-10-21-20(8-7-12-28)18(5)14-22(24(21)27)33-26(32)17(3)4/h14-17,20-22,24H,7-11,13H2,1-6H3/t20-,21+,22?,24-,27+/m1/s1. The fraction of sp³-hybridized carbons (Fsp3) is 0.704. The number of allylic oxidation sites excluding steroid dienone is 2. The largest absolute Gasteiger partial charge is 0.458 e. The summed E-state index contributed by atoms with van der Waals surface area (Å²) >= 11 is 0. The zero-order valence-corrected chi connectivity index (χ0v) is 20.9. The van der Waals surface area contributed by atoms with Crippen LogP contribution in [0, 0.1) is 46.3 Å². The number of fused-ring (bicyclic) bond motifs is 3. The average Bonchev–Trinajstić information content (AvgIpc) is 2.87. The Morgan fingerprint density at radius 2 is 1.97 bits per heavy atom. The van der Waals surface area contributed by atoms with Gasteiger partial charge in [-0.25, -0.2) is 0 Å². The van der Waals surface area contributed by atoms with Crippen molar-refractivity contribution in [1.29, 1.82) is 5.26 Å². The van der Waals surface area contributed by atoms with Crippen LogP contribution in [0.4, 0.5) is 0 Å². The van der Waals surface area contributed by atoms with E-state index in [1.165, 1.54) is 10.5 Å². The van der Waals surface area contributed by atoms with E-state index in [0.717, 1.165) is 24.8 Å². The topological polar surface area (TPSA) is 87.5 Å². The molecule has 2 amide bonds. The van der Waals surface area contributed by atoms with Crippen LogP contribution in [0.5, 0.6) is 0 Å². The lowest BCUT2D eigenvalue weighted by Crippen LogP contribution is -2.51. The van der Waals surface area contributed by atoms with Crippen molar-refractivity contribution < 1.29 is 19.1 Å². The van der Waals surface area contributed by atoms with E-state index in [-0.39, 0.29) is 58.9 Å². The van der Waals surface area contributed by atoms with E-state index in [0.29, 0.717) is 19.4 Å². The minimum atomic E-state index is -0.376. The van der Waals surface area contributed by atoms with Crippen LogP contribution in [0.15, 0.2) is 23.3 Å². The fourth-order valence-corrected chi connectivity index (χ4v) is 6.17. The Bertz CT molecular complexity index is 910. The van der Waals surface area contributed by atoms with Crippen molar-refractivity contribution in [2.75, 3.05) is 6.54 Å². The Hall–Kier alpha value is -2.42. The second kappa shape index (κ2) is 9.83. The summed E-state index contributed by atoms with van der Waals surface area (Å²) in [5.74, 6) is -0.547. The Morgan fingerprint density at radius 3 is 2.58 bits per heavy atom. The molecule has 0 radical (unpaired) electrons. The number of hydrogen-bond acceptors (Lipinski definition) is 5. The van der Waals surface area contributed by atoms with Crippen molar-refractivity contribution in [3.63, 3.8) is 0 Å². The molecule has 1 saturated carbocycles. The SMILES string of the molecule is CC1=CC(OC(=O)C(C)C)[C@H]2[C@@H](CCC3=CC(=O)N(C(=O)C(C)C)CC[C@@]32C)[C@@H]1CCC#N. The van der Waals surface area contributed by atoms with Crippen molar-refractivity contribution in [3.05, 3.63) is 23.3 Å². The summed E-state index contributed by atoms with van der Waals surface area (Å²) in [5.41, 5.74) is 1.88. The van der Waals surface area contributed by atoms with Gasteiger partial charge in [0.25, 0.3) is 5.91 Å². The minimum Gasteiger partial charge on any atom is -0.458 e. The molecule has 1 heterocycles. The fourth-order valence-electron chi connectivity index (χ4n) is 6.17. The smallest absolute Gasteiger partial charge is 0.308 e. The maximum absolute atomic E-state index is 13.0. The zero-order chi connectivity index (χ0) is 24.5. The number of rotatable bonds is 5. The second-order valence-corrected chi connectivity index (χ2v) is 10.8. The Kier molecular flexibility index (Phi) is 7.51. The lowest BCUT2D eigenvalue weighted by Gasteiger charge is -2.54. The molecule has 6 heteroatoms. The highest BCUT2D eigenvalue weighted by molar-refractivity contribution is 6.02. The van der Waals surface area contributed by atoms with E-state index in [1.807, 2.05) is 27.7 Å². The minimum absolute atomic E-state index is 0.00879. The lowest BCUT2D eigenvalue weighted by molar-refractivity contribution is -0.159. The van der Waals surface area contributed by atoms with Gasteiger partial charge in [-0.15, -0.1) is 0 Å². The number of amides is 2. The van der Waals surface area contributed by atoms with E-state index >= 15 is 0 Å². The van der Waals surface area contributed by atoms with E-state index in [4.69, 9.17) is 4.74 Å². The van der Waals surface area contributed by atoms with E-state index < -0.39 is 0 Å². The third-order valence-electron chi connectivity index (χ3n) is 8.03. The van der Waals surface area contributed by atoms with Crippen molar-refractivity contribution >= 4 is 17.8 Å². The molecule has 3 aliphatic rings. The third-order valence-corrected chi connectivity index (χ3v) is 8.03. The molecule has 0 aromatic carbocycles. The number of hydrogen-bond donors (Lipinski definition) is 0. The zero-order valence-electron chi connectivity index (χ0n) is 20.9. The van der Waals surface area contributed by atoms with Gasteiger partial charge in [0.2, 0.25) is 5.91 Å². The molecule has 0 aromatic heterocycles. The average molecular weight is 455 g/mol. The van der Waals surface area contributed by atoms with Crippen molar-refractivity contribution in [3.8, 4) is 6.07 Å². The molecule has 0 N–H and O–H groups in total. The summed E-state index contributed by atoms with van der Waals surface area (Å²) in [6.45, 7) is 11.9. The highest BCUT2D eigenvalue weighted by atomic mass is 16.5. The van der Waals surface area contributed by atoms with Gasteiger partial charge in [-0.2, -0.15) is 5.26 Å². The third kappa shape index (κ3) is 4.78. The van der Waals surface area contributed by atoms with Crippen LogP contribution < -0.4 is 0 Å². The quantitative estimate of drug-likeness (QED) is 0.439. The normalized spacial score (nSPS) is 31.7. The molecule has 0 spiro atoms. The Balaban J connectivity index is 2.04. The molecule has 1 unspecified atom stereocenters. The molecule has 3 rings (SSSR count). The number of carbonyl (C=O) groups excluding carboxylic acids is 3. The van der Waals surface area contributed by atoms with Crippen LogP contribution in [0.1, 0.15) is 73.6 Å². The molecular weight excluding hydrogens is 416 g/mol. The lowest BCUT2D eigenvalue weighted by atomic mass is 9.51. The summed E-state index contributed by atoms with van der Waals surface area (Å²) in [6.07, 6.45) is 6.99. The van der Waals surface area contributed by atoms with Gasteiger partial charge in [0.15, 0.2) is 0 Å². The van der Waals surface area contributed by atoms with E-state index in [9.17, 15) is 19.6 Å². The first kappa shape index (κ1) is 25.2. The predicted molar refractivity (Wildman–Crippen MR) is 125 cm³/mol. The first-order chi connectivity index (χ1) is 15.5. The van der Waals surface area contributed by atoms with E-state index in [1.54, 1.807) is 6.08 Å². The molecule has 6 nitrogen and oxygen atoms in total. The maximum atomic E-state index is 13.0. The number of carbonyl (C=O) groups is 3. The first-order valence-corrected chi connectivity index (χ1v) is 12.3. The highest BCUT2D eigenvalue weighted by Gasteiger charge is 2.54. The van der Waals surface area contributed by atoms with Crippen molar-refractivity contribution in [2.45, 2.75) is 79.8 Å². The van der Waals surface area contributed by atoms with Crippen LogP contribution in [-0.2, 0) is 19.1 Å². The number of nitrogens with zero attached hydrogens (tertiary/aromatic N) is 2. The Morgan fingerprint density at radius 1 is 1.27 bits per heavy atom. The summed E-state index contributed by atoms with van der Waals surface area (Å²) in [5, 5.41) is 9.22. The summed E-state index contributed by atoms with van der Waals surface area (Å²) < 4.78 is 6.07. The van der Waals surface area contributed by atoms with Gasteiger partial charge >= 0.3 is 5.97 Å². The number of esters is 1. The summed E-state index contributed by atoms with van der Waals surface area (Å²) in [6, 6.07) is 2.29. The molecule has 0 saturated heterocycles. The molecular formula is C27H38N2O4. The summed E-state index contributed by atoms with van der Waals surface area (Å²) in [4.78, 5) is 39.8. The highest BCUT2D eigenvalue weighted by Crippen LogP contribution is 2.58. The number of ether oxygens (including phenoxy) is 1. The number of imide groups is 1. The van der Waals surface area contributed by atoms with Crippen LogP contribution in [0.3, 0.4) is 0 Å². The van der Waals surface area contributed by atoms with Gasteiger partial charge in [-0.1, -0.05) is 45.8 Å². The van der Waals surface area contributed by atoms with Gasteiger partial charge in [0, 0.05) is 30.9 Å². The molecule has 0 aromatic rings. The van der Waals surface area contributed by atoms with Crippen LogP contribution in [0.2, 0.25) is 0 Å². The van der Waals surface area contributed by atoms with Gasteiger partial charge in [-0.3, -0.25) is 19.3 Å². The first-order valence-electron chi connectivity index (χ1n) is 12.3. The van der Waals surface area contributed by atoms with Crippen molar-refractivity contribution in [1.82, 2.24) is 4.90 Å². The predicted octanol–water partition coefficient (Wildman–Crippen LogP) is 4.81. The second-order valence-electron chi connectivity index (χ2n) is 10.8. The molecule has 180 valence electrons. The molecule has 0 bridgehead atoms. The molecule has 2 aliphatic carbocycles. The maximum Gasteiger partial charge on any atom is 0.308 e. The number of nitriles is 1. The van der Waals surface area contributed by atoms with Gasteiger partial charge < -0.3 is 4.74 Å². The molecule has 33 heavy (non-hydrogen) atoms. The van der Waals surface area contributed by atoms with Crippen LogP contribution in [-0.4, -0.2) is 35.3 Å². The van der Waals surface area contributed by atoms with Crippen molar-refractivity contribution in [2.24, 2.45) is 35.0 Å². The molecule has 1 aliphatic heterocycles. The van der Waals surface area contributed by atoms with E-state index in [2.05, 4.69) is 26.0 Å². The Labute approximate surface area is 198 Å². The van der Waals surface area contributed by atoms with Gasteiger partial charge in [-0.05, 0) is 55.9 Å². The van der Waals surface area contributed by atoms with Crippen LogP contribution >= 0.6 is 0 Å². The summed E-state index contributed by atoms with van der Waals surface area (Å²) in [7, 11) is 0. The molecule has 5 atom stereocenters. The van der Waals surface area contributed by atoms with Gasteiger partial charge in [0.05, 0.1) is 12.0 Å². The monoisotopic (exact) mass is 454 g/mol. The molecule has 1 fully saturated rings. The van der Waals surface area contributed by atoms with Gasteiger partial charge in [0.1, 0.15) is 6.10 Å².